The van der Waals surface area contributed by atoms with Crippen molar-refractivity contribution in [2.75, 3.05) is 5.32 Å². The zero-order chi connectivity index (χ0) is 19.9. The van der Waals surface area contributed by atoms with Gasteiger partial charge in [-0.15, -0.1) is 11.3 Å². The number of nitrogens with one attached hydrogen (secondary N) is 1. The van der Waals surface area contributed by atoms with Crippen LogP contribution in [0.2, 0.25) is 0 Å². The number of nitrogens with two attached hydrogens (primary N) is 1. The number of benzene rings is 1. The van der Waals surface area contributed by atoms with E-state index in [1.807, 2.05) is 26.2 Å². The molecule has 2 rings (SSSR count). The molecule has 5 nitrogen and oxygen atoms in total. The maximum absolute atomic E-state index is 13.2. The van der Waals surface area contributed by atoms with Crippen molar-refractivity contribution in [3.8, 4) is 0 Å². The average Bonchev–Trinajstić information content (AvgIpc) is 2.95. The first-order chi connectivity index (χ1) is 11.7. The van der Waals surface area contributed by atoms with E-state index in [0.29, 0.717) is 0 Å². The molecule has 0 aliphatic rings. The van der Waals surface area contributed by atoms with Gasteiger partial charge in [0.05, 0.1) is 22.2 Å². The summed E-state index contributed by atoms with van der Waals surface area (Å²) in [4.78, 5) is 3.57. The van der Waals surface area contributed by atoms with E-state index >= 15 is 0 Å². The number of hydrogen-bond donors (Lipinski definition) is 2. The van der Waals surface area contributed by atoms with Gasteiger partial charge in [0, 0.05) is 16.5 Å². The van der Waals surface area contributed by atoms with E-state index in [4.69, 9.17) is 5.14 Å². The highest BCUT2D eigenvalue weighted by Gasteiger charge is 2.36. The van der Waals surface area contributed by atoms with E-state index in [9.17, 15) is 21.6 Å². The van der Waals surface area contributed by atoms with Crippen LogP contribution < -0.4 is 10.5 Å². The maximum atomic E-state index is 13.2. The molecule has 0 amide bonds. The Bertz CT molecular complexity index is 900. The van der Waals surface area contributed by atoms with E-state index < -0.39 is 26.7 Å². The first-order valence-corrected chi connectivity index (χ1v) is 10.1. The summed E-state index contributed by atoms with van der Waals surface area (Å²) >= 11 is 1.41. The third kappa shape index (κ3) is 4.74. The first-order valence-electron chi connectivity index (χ1n) is 7.66. The molecule has 1 atom stereocenters. The summed E-state index contributed by atoms with van der Waals surface area (Å²) in [5, 5.41) is 10.4. The molecule has 0 bridgehead atoms. The van der Waals surface area contributed by atoms with Crippen LogP contribution in [0.1, 0.15) is 50.0 Å². The topological polar surface area (TPSA) is 85.1 Å². The summed E-state index contributed by atoms with van der Waals surface area (Å²) in [6.07, 6.45) is -4.84. The Kier molecular flexibility index (Phi) is 5.42. The fourth-order valence-electron chi connectivity index (χ4n) is 2.23. The monoisotopic (exact) mass is 407 g/mol. The lowest BCUT2D eigenvalue weighted by molar-refractivity contribution is -0.139. The number of alkyl halides is 3. The summed E-state index contributed by atoms with van der Waals surface area (Å²) in [5.74, 6) is 0. The lowest BCUT2D eigenvalue weighted by atomic mass is 9.93. The molecule has 0 aliphatic carbocycles. The second-order valence-corrected chi connectivity index (χ2v) is 9.36. The highest BCUT2D eigenvalue weighted by atomic mass is 32.2. The number of primary sulfonamides is 1. The Balaban J connectivity index is 2.34. The fourth-order valence-corrected chi connectivity index (χ4v) is 4.02. The number of aromatic nitrogens is 1. The molecule has 10 heteroatoms. The number of halogens is 3. The summed E-state index contributed by atoms with van der Waals surface area (Å²) in [6.45, 7) is 7.83. The molecule has 0 radical (unpaired) electrons. The number of hydrogen-bond acceptors (Lipinski definition) is 5. The molecule has 1 unspecified atom stereocenters. The number of nitrogens with zero attached hydrogens (tertiary/aromatic N) is 1. The Labute approximate surface area is 154 Å². The van der Waals surface area contributed by atoms with Gasteiger partial charge in [-0.05, 0) is 25.1 Å². The van der Waals surface area contributed by atoms with Crippen LogP contribution in [-0.2, 0) is 21.6 Å². The molecule has 1 aromatic carbocycles. The highest BCUT2D eigenvalue weighted by molar-refractivity contribution is 7.89. The predicted molar refractivity (Wildman–Crippen MR) is 95.7 cm³/mol. The van der Waals surface area contributed by atoms with E-state index in [2.05, 4.69) is 10.3 Å². The van der Waals surface area contributed by atoms with E-state index in [1.54, 1.807) is 6.92 Å². The van der Waals surface area contributed by atoms with Crippen molar-refractivity contribution in [2.24, 2.45) is 5.14 Å². The molecular weight excluding hydrogens is 387 g/mol. The molecule has 1 heterocycles. The van der Waals surface area contributed by atoms with Crippen molar-refractivity contribution < 1.29 is 21.6 Å². The summed E-state index contributed by atoms with van der Waals surface area (Å²) in [6, 6.07) is 2.51. The van der Waals surface area contributed by atoms with E-state index in [-0.39, 0.29) is 17.1 Å². The summed E-state index contributed by atoms with van der Waals surface area (Å²) in [7, 11) is -4.49. The third-order valence-electron chi connectivity index (χ3n) is 3.64. The SMILES string of the molecule is CC(Nc1ccc(S(N)(=O)=O)c(C(F)(F)F)c1)c1nc(C(C)(C)C)cs1. The molecule has 0 spiro atoms. The van der Waals surface area contributed by atoms with Gasteiger partial charge in [0.15, 0.2) is 0 Å². The van der Waals surface area contributed by atoms with Gasteiger partial charge in [-0.3, -0.25) is 0 Å². The van der Waals surface area contributed by atoms with Crippen LogP contribution in [0.5, 0.6) is 0 Å². The van der Waals surface area contributed by atoms with Gasteiger partial charge >= 0.3 is 6.18 Å². The Morgan fingerprint density at radius 1 is 1.23 bits per heavy atom. The van der Waals surface area contributed by atoms with Crippen LogP contribution in [0.15, 0.2) is 28.5 Å². The summed E-state index contributed by atoms with van der Waals surface area (Å²) in [5.41, 5.74) is -0.405. The lowest BCUT2D eigenvalue weighted by Gasteiger charge is -2.17. The molecule has 2 aromatic rings. The number of thiazole rings is 1. The fraction of sp³-hybridized carbons (Fsp3) is 0.438. The minimum atomic E-state index is -4.84. The molecule has 0 saturated heterocycles. The minimum Gasteiger partial charge on any atom is -0.376 e. The number of rotatable bonds is 4. The molecule has 0 saturated carbocycles. The van der Waals surface area contributed by atoms with Crippen molar-refractivity contribution >= 4 is 27.0 Å². The van der Waals surface area contributed by atoms with Crippen LogP contribution in [0.3, 0.4) is 0 Å². The molecule has 1 aromatic heterocycles. The predicted octanol–water partition coefficient (Wildman–Crippen LogP) is 4.28. The highest BCUT2D eigenvalue weighted by Crippen LogP contribution is 2.36. The zero-order valence-electron chi connectivity index (χ0n) is 14.7. The average molecular weight is 407 g/mol. The van der Waals surface area contributed by atoms with Gasteiger partial charge in [0.25, 0.3) is 0 Å². The maximum Gasteiger partial charge on any atom is 0.417 e. The van der Waals surface area contributed by atoms with Gasteiger partial charge in [0.1, 0.15) is 5.01 Å². The van der Waals surface area contributed by atoms with Crippen molar-refractivity contribution in [2.45, 2.75) is 50.2 Å². The van der Waals surface area contributed by atoms with Crippen LogP contribution in [0, 0.1) is 0 Å². The van der Waals surface area contributed by atoms with Gasteiger partial charge in [0.2, 0.25) is 10.0 Å². The van der Waals surface area contributed by atoms with E-state index in [1.165, 1.54) is 17.4 Å². The van der Waals surface area contributed by atoms with Gasteiger partial charge in [-0.25, -0.2) is 18.5 Å². The Morgan fingerprint density at radius 3 is 2.31 bits per heavy atom. The molecule has 26 heavy (non-hydrogen) atoms. The molecule has 0 aliphatic heterocycles. The summed E-state index contributed by atoms with van der Waals surface area (Å²) < 4.78 is 62.4. The van der Waals surface area contributed by atoms with Crippen molar-refractivity contribution in [3.63, 3.8) is 0 Å². The van der Waals surface area contributed by atoms with Crippen molar-refractivity contribution in [1.82, 2.24) is 4.98 Å². The Morgan fingerprint density at radius 2 is 1.85 bits per heavy atom. The third-order valence-corrected chi connectivity index (χ3v) is 5.63. The normalized spacial score (nSPS) is 14.3. The van der Waals surface area contributed by atoms with Crippen LogP contribution in [0.4, 0.5) is 18.9 Å². The molecule has 144 valence electrons. The van der Waals surface area contributed by atoms with Crippen LogP contribution in [-0.4, -0.2) is 13.4 Å². The Hall–Kier alpha value is -1.65. The quantitative estimate of drug-likeness (QED) is 0.792. The number of anilines is 1. The standard InChI is InChI=1S/C16H20F3N3O2S2/c1-9(14-22-13(8-25-14)15(2,3)4)21-10-5-6-12(26(20,23)24)11(7-10)16(17,18)19/h5-9,21H,1-4H3,(H2,20,23,24). The first kappa shape index (κ1) is 20.7. The van der Waals surface area contributed by atoms with Crippen LogP contribution in [0.25, 0.3) is 0 Å². The molecule has 3 N–H and O–H groups in total. The second kappa shape index (κ2) is 6.82. The van der Waals surface area contributed by atoms with Crippen molar-refractivity contribution in [3.05, 3.63) is 39.8 Å². The second-order valence-electron chi connectivity index (χ2n) is 6.94. The smallest absolute Gasteiger partial charge is 0.376 e. The molecular formula is C16H20F3N3O2S2. The molecule has 0 fully saturated rings. The van der Waals surface area contributed by atoms with Crippen molar-refractivity contribution in [1.29, 1.82) is 0 Å². The number of sulfonamides is 1. The largest absolute Gasteiger partial charge is 0.417 e. The zero-order valence-corrected chi connectivity index (χ0v) is 16.3. The van der Waals surface area contributed by atoms with Gasteiger partial charge in [-0.2, -0.15) is 13.2 Å². The minimum absolute atomic E-state index is 0.129. The lowest BCUT2D eigenvalue weighted by Crippen LogP contribution is -2.19. The van der Waals surface area contributed by atoms with Gasteiger partial charge in [-0.1, -0.05) is 20.8 Å². The van der Waals surface area contributed by atoms with Crippen LogP contribution >= 0.6 is 11.3 Å². The van der Waals surface area contributed by atoms with E-state index in [0.717, 1.165) is 22.8 Å². The van der Waals surface area contributed by atoms with Gasteiger partial charge < -0.3 is 5.32 Å².